The van der Waals surface area contributed by atoms with Gasteiger partial charge in [-0.25, -0.2) is 9.97 Å². The normalized spacial score (nSPS) is 10.1. The fourth-order valence-corrected chi connectivity index (χ4v) is 1.78. The highest BCUT2D eigenvalue weighted by atomic mass is 32.2. The maximum Gasteiger partial charge on any atom is 0.222 e. The van der Waals surface area contributed by atoms with Crippen molar-refractivity contribution in [2.75, 3.05) is 31.3 Å². The van der Waals surface area contributed by atoms with Crippen molar-refractivity contribution in [1.82, 2.24) is 14.9 Å². The molecule has 0 spiro atoms. The van der Waals surface area contributed by atoms with Crippen LogP contribution in [0.25, 0.3) is 0 Å². The molecule has 1 aromatic heterocycles. The molecule has 16 heavy (non-hydrogen) atoms. The van der Waals surface area contributed by atoms with Crippen LogP contribution in [-0.4, -0.2) is 40.6 Å². The zero-order valence-electron chi connectivity index (χ0n) is 9.30. The van der Waals surface area contributed by atoms with Crippen LogP contribution in [0.3, 0.4) is 0 Å². The van der Waals surface area contributed by atoms with Crippen molar-refractivity contribution in [3.63, 3.8) is 0 Å². The Labute approximate surface area is 98.4 Å². The Bertz CT molecular complexity index is 362. The van der Waals surface area contributed by atoms with E-state index in [0.717, 1.165) is 0 Å². The van der Waals surface area contributed by atoms with Gasteiger partial charge in [-0.1, -0.05) is 11.8 Å². The van der Waals surface area contributed by atoms with Crippen LogP contribution in [0.4, 0.5) is 11.6 Å². The van der Waals surface area contributed by atoms with Crippen LogP contribution in [0.2, 0.25) is 0 Å². The van der Waals surface area contributed by atoms with Crippen LogP contribution < -0.4 is 11.5 Å². The lowest BCUT2D eigenvalue weighted by Gasteiger charge is -2.09. The zero-order valence-corrected chi connectivity index (χ0v) is 10.1. The molecule has 0 unspecified atom stereocenters. The van der Waals surface area contributed by atoms with Crippen LogP contribution in [0.15, 0.2) is 11.2 Å². The molecule has 0 saturated carbocycles. The summed E-state index contributed by atoms with van der Waals surface area (Å²) in [5.74, 6) is 1.37. The maximum atomic E-state index is 11.3. The monoisotopic (exact) mass is 241 g/mol. The fraction of sp³-hybridized carbons (Fsp3) is 0.444. The SMILES string of the molecule is CN(C)C(=O)CCSc1nc(N)cc(N)n1. The third-order valence-electron chi connectivity index (χ3n) is 1.79. The first-order chi connectivity index (χ1) is 7.49. The van der Waals surface area contributed by atoms with Crippen molar-refractivity contribution in [2.45, 2.75) is 11.6 Å². The number of hydrogen-bond acceptors (Lipinski definition) is 6. The van der Waals surface area contributed by atoms with Gasteiger partial charge in [0, 0.05) is 32.3 Å². The smallest absolute Gasteiger partial charge is 0.222 e. The molecule has 0 aliphatic carbocycles. The first kappa shape index (κ1) is 12.6. The Balaban J connectivity index is 2.46. The van der Waals surface area contributed by atoms with E-state index in [1.165, 1.54) is 17.8 Å². The molecule has 0 bridgehead atoms. The number of carbonyl (C=O) groups excluding carboxylic acids is 1. The van der Waals surface area contributed by atoms with Gasteiger partial charge in [0.15, 0.2) is 5.16 Å². The highest BCUT2D eigenvalue weighted by Gasteiger charge is 2.06. The van der Waals surface area contributed by atoms with Gasteiger partial charge in [-0.3, -0.25) is 4.79 Å². The van der Waals surface area contributed by atoms with E-state index in [1.54, 1.807) is 19.0 Å². The van der Waals surface area contributed by atoms with E-state index >= 15 is 0 Å². The molecule has 0 fully saturated rings. The van der Waals surface area contributed by atoms with Gasteiger partial charge in [0.05, 0.1) is 0 Å². The molecule has 6 nitrogen and oxygen atoms in total. The predicted octanol–water partition coefficient (Wildman–Crippen LogP) is 0.211. The lowest BCUT2D eigenvalue weighted by atomic mass is 10.4. The van der Waals surface area contributed by atoms with Gasteiger partial charge in [0.1, 0.15) is 11.6 Å². The zero-order chi connectivity index (χ0) is 12.1. The molecule has 7 heteroatoms. The van der Waals surface area contributed by atoms with Crippen molar-refractivity contribution < 1.29 is 4.79 Å². The van der Waals surface area contributed by atoms with Crippen molar-refractivity contribution in [3.05, 3.63) is 6.07 Å². The molecule has 1 rings (SSSR count). The van der Waals surface area contributed by atoms with Crippen LogP contribution >= 0.6 is 11.8 Å². The van der Waals surface area contributed by atoms with Gasteiger partial charge in [-0.15, -0.1) is 0 Å². The Morgan fingerprint density at radius 3 is 2.44 bits per heavy atom. The average Bonchev–Trinajstić information content (AvgIpc) is 2.15. The van der Waals surface area contributed by atoms with Crippen molar-refractivity contribution >= 4 is 29.3 Å². The minimum absolute atomic E-state index is 0.0735. The minimum Gasteiger partial charge on any atom is -0.383 e. The molecule has 0 radical (unpaired) electrons. The van der Waals surface area contributed by atoms with E-state index in [2.05, 4.69) is 9.97 Å². The lowest BCUT2D eigenvalue weighted by Crippen LogP contribution is -2.21. The van der Waals surface area contributed by atoms with Gasteiger partial charge < -0.3 is 16.4 Å². The molecular weight excluding hydrogens is 226 g/mol. The van der Waals surface area contributed by atoms with Gasteiger partial charge in [0.2, 0.25) is 5.91 Å². The number of anilines is 2. The van der Waals surface area contributed by atoms with E-state index < -0.39 is 0 Å². The summed E-state index contributed by atoms with van der Waals surface area (Å²) in [6.45, 7) is 0. The number of carbonyl (C=O) groups is 1. The number of nitrogens with two attached hydrogens (primary N) is 2. The largest absolute Gasteiger partial charge is 0.383 e. The minimum atomic E-state index is 0.0735. The highest BCUT2D eigenvalue weighted by Crippen LogP contribution is 2.17. The van der Waals surface area contributed by atoms with Crippen LogP contribution in [-0.2, 0) is 4.79 Å². The predicted molar refractivity (Wildman–Crippen MR) is 64.9 cm³/mol. The van der Waals surface area contributed by atoms with E-state index in [0.29, 0.717) is 29.0 Å². The Morgan fingerprint density at radius 1 is 1.38 bits per heavy atom. The van der Waals surface area contributed by atoms with Gasteiger partial charge >= 0.3 is 0 Å². The summed E-state index contributed by atoms with van der Waals surface area (Å²) in [7, 11) is 3.45. The molecule has 0 aliphatic heterocycles. The van der Waals surface area contributed by atoms with E-state index in [9.17, 15) is 4.79 Å². The Kier molecular flexibility index (Phi) is 4.36. The number of aromatic nitrogens is 2. The molecule has 1 amide bonds. The van der Waals surface area contributed by atoms with Gasteiger partial charge in [-0.05, 0) is 0 Å². The summed E-state index contributed by atoms with van der Waals surface area (Å²) in [6, 6.07) is 1.50. The summed E-state index contributed by atoms with van der Waals surface area (Å²) < 4.78 is 0. The third-order valence-corrected chi connectivity index (χ3v) is 2.64. The third kappa shape index (κ3) is 3.93. The van der Waals surface area contributed by atoms with Crippen molar-refractivity contribution in [2.24, 2.45) is 0 Å². The number of rotatable bonds is 4. The second-order valence-corrected chi connectivity index (χ2v) is 4.45. The van der Waals surface area contributed by atoms with Gasteiger partial charge in [0.25, 0.3) is 0 Å². The molecule has 4 N–H and O–H groups in total. The first-order valence-electron chi connectivity index (χ1n) is 4.72. The topological polar surface area (TPSA) is 98.1 Å². The number of nitrogen functional groups attached to an aromatic ring is 2. The van der Waals surface area contributed by atoms with Gasteiger partial charge in [-0.2, -0.15) is 0 Å². The molecule has 88 valence electrons. The summed E-state index contributed by atoms with van der Waals surface area (Å²) in [6.07, 6.45) is 0.440. The first-order valence-corrected chi connectivity index (χ1v) is 5.70. The number of hydrogen-bond donors (Lipinski definition) is 2. The Hall–Kier alpha value is -1.50. The summed E-state index contributed by atoms with van der Waals surface area (Å²) in [5, 5.41) is 0.504. The average molecular weight is 241 g/mol. The van der Waals surface area contributed by atoms with E-state index in [-0.39, 0.29) is 5.91 Å². The molecule has 1 heterocycles. The van der Waals surface area contributed by atoms with Crippen LogP contribution in [0.1, 0.15) is 6.42 Å². The van der Waals surface area contributed by atoms with Crippen LogP contribution in [0, 0.1) is 0 Å². The Morgan fingerprint density at radius 2 is 1.94 bits per heavy atom. The second-order valence-electron chi connectivity index (χ2n) is 3.39. The second kappa shape index (κ2) is 5.55. The van der Waals surface area contributed by atoms with Crippen molar-refractivity contribution in [1.29, 1.82) is 0 Å². The number of thioether (sulfide) groups is 1. The highest BCUT2D eigenvalue weighted by molar-refractivity contribution is 7.99. The molecular formula is C9H15N5OS. The number of amides is 1. The fourth-order valence-electron chi connectivity index (χ4n) is 0.980. The molecule has 0 aliphatic rings. The maximum absolute atomic E-state index is 11.3. The van der Waals surface area contributed by atoms with E-state index in [1.807, 2.05) is 0 Å². The summed E-state index contributed by atoms with van der Waals surface area (Å²) >= 11 is 1.36. The summed E-state index contributed by atoms with van der Waals surface area (Å²) in [5.41, 5.74) is 11.0. The molecule has 1 aromatic rings. The lowest BCUT2D eigenvalue weighted by molar-refractivity contribution is -0.128. The van der Waals surface area contributed by atoms with E-state index in [4.69, 9.17) is 11.5 Å². The quantitative estimate of drug-likeness (QED) is 0.577. The van der Waals surface area contributed by atoms with Crippen molar-refractivity contribution in [3.8, 4) is 0 Å². The van der Waals surface area contributed by atoms with Crippen LogP contribution in [0.5, 0.6) is 0 Å². The molecule has 0 aromatic carbocycles. The molecule has 0 saturated heterocycles. The summed E-state index contributed by atoms with van der Waals surface area (Å²) in [4.78, 5) is 20.8. The standard InChI is InChI=1S/C9H15N5OS/c1-14(2)8(15)3-4-16-9-12-6(10)5-7(11)13-9/h5H,3-4H2,1-2H3,(H4,10,11,12,13). The molecule has 0 atom stereocenters. The number of nitrogens with zero attached hydrogens (tertiary/aromatic N) is 3.